The van der Waals surface area contributed by atoms with Crippen molar-refractivity contribution in [2.24, 2.45) is 5.92 Å². The lowest BCUT2D eigenvalue weighted by Gasteiger charge is -2.08. The van der Waals surface area contributed by atoms with Crippen molar-refractivity contribution in [3.8, 4) is 0 Å². The summed E-state index contributed by atoms with van der Waals surface area (Å²) in [7, 11) is 0. The predicted octanol–water partition coefficient (Wildman–Crippen LogP) is 2.79. The minimum atomic E-state index is -0.373. The van der Waals surface area contributed by atoms with Crippen molar-refractivity contribution in [3.05, 3.63) is 11.2 Å². The van der Waals surface area contributed by atoms with E-state index in [1.165, 1.54) is 11.3 Å². The van der Waals surface area contributed by atoms with Gasteiger partial charge >= 0.3 is 5.97 Å². The molecular weight excluding hydrogens is 264 g/mol. The minimum absolute atomic E-state index is 0.360. The van der Waals surface area contributed by atoms with Crippen LogP contribution >= 0.6 is 11.3 Å². The van der Waals surface area contributed by atoms with Gasteiger partial charge in [0, 0.05) is 19.8 Å². The zero-order chi connectivity index (χ0) is 14.1. The van der Waals surface area contributed by atoms with E-state index in [1.54, 1.807) is 12.4 Å². The second kappa shape index (κ2) is 8.87. The molecular formula is C13H22N2O3S. The Labute approximate surface area is 118 Å². The zero-order valence-corrected chi connectivity index (χ0v) is 12.6. The molecule has 19 heavy (non-hydrogen) atoms. The van der Waals surface area contributed by atoms with Gasteiger partial charge in [-0.1, -0.05) is 13.8 Å². The van der Waals surface area contributed by atoms with E-state index >= 15 is 0 Å². The first-order valence-electron chi connectivity index (χ1n) is 6.57. The second-order valence-corrected chi connectivity index (χ2v) is 5.35. The number of rotatable bonds is 9. The van der Waals surface area contributed by atoms with Crippen molar-refractivity contribution >= 4 is 22.3 Å². The highest BCUT2D eigenvalue weighted by Gasteiger charge is 2.15. The fourth-order valence-corrected chi connectivity index (χ4v) is 2.11. The Balaban J connectivity index is 2.26. The molecule has 1 aromatic heterocycles. The van der Waals surface area contributed by atoms with Crippen LogP contribution in [0.25, 0.3) is 0 Å². The number of nitrogens with zero attached hydrogens (tertiary/aromatic N) is 1. The van der Waals surface area contributed by atoms with Crippen molar-refractivity contribution in [2.45, 2.75) is 27.2 Å². The lowest BCUT2D eigenvalue weighted by Crippen LogP contribution is -2.11. The normalized spacial score (nSPS) is 10.7. The molecule has 1 heterocycles. The number of carbonyl (C=O) groups is 1. The largest absolute Gasteiger partial charge is 0.461 e. The lowest BCUT2D eigenvalue weighted by molar-refractivity contribution is 0.0521. The summed E-state index contributed by atoms with van der Waals surface area (Å²) in [4.78, 5) is 15.6. The number of hydrogen-bond donors (Lipinski definition) is 1. The van der Waals surface area contributed by atoms with Crippen LogP contribution < -0.4 is 5.32 Å². The van der Waals surface area contributed by atoms with Gasteiger partial charge in [-0.2, -0.15) is 0 Å². The summed E-state index contributed by atoms with van der Waals surface area (Å²) in [6, 6.07) is 0. The summed E-state index contributed by atoms with van der Waals surface area (Å²) in [5, 5.41) is 3.96. The van der Waals surface area contributed by atoms with Crippen LogP contribution in [-0.4, -0.2) is 37.3 Å². The first-order valence-corrected chi connectivity index (χ1v) is 7.45. The van der Waals surface area contributed by atoms with Gasteiger partial charge in [0.25, 0.3) is 0 Å². The predicted molar refractivity (Wildman–Crippen MR) is 76.8 cm³/mol. The van der Waals surface area contributed by atoms with E-state index in [2.05, 4.69) is 24.1 Å². The number of ether oxygens (including phenoxy) is 2. The highest BCUT2D eigenvalue weighted by Crippen LogP contribution is 2.20. The van der Waals surface area contributed by atoms with Crippen LogP contribution in [-0.2, 0) is 9.47 Å². The van der Waals surface area contributed by atoms with Gasteiger partial charge in [0.05, 0.1) is 12.1 Å². The molecule has 0 amide bonds. The third-order valence-electron chi connectivity index (χ3n) is 2.24. The van der Waals surface area contributed by atoms with E-state index in [9.17, 15) is 4.79 Å². The van der Waals surface area contributed by atoms with E-state index in [0.717, 1.165) is 31.2 Å². The van der Waals surface area contributed by atoms with E-state index in [0.29, 0.717) is 18.2 Å². The van der Waals surface area contributed by atoms with Crippen LogP contribution in [0, 0.1) is 5.92 Å². The van der Waals surface area contributed by atoms with Crippen molar-refractivity contribution in [1.29, 1.82) is 0 Å². The molecule has 0 saturated carbocycles. The first kappa shape index (κ1) is 15.9. The van der Waals surface area contributed by atoms with Gasteiger partial charge in [-0.3, -0.25) is 0 Å². The minimum Gasteiger partial charge on any atom is -0.461 e. The van der Waals surface area contributed by atoms with Crippen LogP contribution in [0.2, 0.25) is 0 Å². The fraction of sp³-hybridized carbons (Fsp3) is 0.692. The third kappa shape index (κ3) is 6.02. The molecule has 108 valence electrons. The monoisotopic (exact) mass is 286 g/mol. The maximum absolute atomic E-state index is 11.6. The highest BCUT2D eigenvalue weighted by molar-refractivity contribution is 7.14. The Hall–Kier alpha value is -1.14. The topological polar surface area (TPSA) is 60.5 Å². The number of carbonyl (C=O) groups excluding carboxylic acids is 1. The van der Waals surface area contributed by atoms with E-state index in [1.807, 2.05) is 0 Å². The van der Waals surface area contributed by atoms with Crippen molar-refractivity contribution in [3.63, 3.8) is 0 Å². The second-order valence-electron chi connectivity index (χ2n) is 4.50. The van der Waals surface area contributed by atoms with Crippen LogP contribution in [0.5, 0.6) is 0 Å². The molecule has 6 heteroatoms. The molecule has 0 unspecified atom stereocenters. The maximum atomic E-state index is 11.6. The quantitative estimate of drug-likeness (QED) is 0.559. The number of aromatic nitrogens is 1. The van der Waals surface area contributed by atoms with Crippen LogP contribution in [0.1, 0.15) is 37.7 Å². The molecule has 0 radical (unpaired) electrons. The number of thiazole rings is 1. The van der Waals surface area contributed by atoms with Crippen molar-refractivity contribution < 1.29 is 14.3 Å². The number of nitrogens with one attached hydrogen (secondary N) is 1. The molecule has 0 aliphatic rings. The van der Waals surface area contributed by atoms with Crippen LogP contribution in [0.3, 0.4) is 0 Å². The Kier molecular flexibility index (Phi) is 7.43. The molecule has 0 spiro atoms. The summed E-state index contributed by atoms with van der Waals surface area (Å²) in [6.07, 6.45) is 0.896. The molecule has 0 aliphatic heterocycles. The summed E-state index contributed by atoms with van der Waals surface area (Å²) in [5.74, 6) is 0.187. The van der Waals surface area contributed by atoms with E-state index in [-0.39, 0.29) is 5.97 Å². The maximum Gasteiger partial charge on any atom is 0.360 e. The molecule has 0 bridgehead atoms. The standard InChI is InChI=1S/C13H22N2O3S/c1-4-18-13(16)11-12(19-9-15-11)14-6-5-7-17-8-10(2)3/h9-10,14H,4-8H2,1-3H3. The average Bonchev–Trinajstić information content (AvgIpc) is 2.82. The van der Waals surface area contributed by atoms with Gasteiger partial charge < -0.3 is 14.8 Å². The molecule has 0 saturated heterocycles. The van der Waals surface area contributed by atoms with Gasteiger partial charge in [0.2, 0.25) is 0 Å². The molecule has 1 aromatic rings. The highest BCUT2D eigenvalue weighted by atomic mass is 32.1. The van der Waals surface area contributed by atoms with E-state index in [4.69, 9.17) is 9.47 Å². The average molecular weight is 286 g/mol. The van der Waals surface area contributed by atoms with Gasteiger partial charge in [-0.15, -0.1) is 11.3 Å². The summed E-state index contributed by atoms with van der Waals surface area (Å²) in [6.45, 7) is 8.66. The molecule has 1 rings (SSSR count). The molecule has 0 aliphatic carbocycles. The number of hydrogen-bond acceptors (Lipinski definition) is 6. The van der Waals surface area contributed by atoms with Crippen molar-refractivity contribution in [1.82, 2.24) is 4.98 Å². The number of anilines is 1. The lowest BCUT2D eigenvalue weighted by atomic mass is 10.2. The summed E-state index contributed by atoms with van der Waals surface area (Å²) < 4.78 is 10.4. The van der Waals surface area contributed by atoms with Gasteiger partial charge in [0.15, 0.2) is 5.69 Å². The SMILES string of the molecule is CCOC(=O)c1ncsc1NCCCOCC(C)C. The Morgan fingerprint density at radius 3 is 3.00 bits per heavy atom. The van der Waals surface area contributed by atoms with Gasteiger partial charge in [-0.05, 0) is 19.3 Å². The van der Waals surface area contributed by atoms with Crippen LogP contribution in [0.15, 0.2) is 5.51 Å². The van der Waals surface area contributed by atoms with Gasteiger partial charge in [-0.25, -0.2) is 9.78 Å². The fourth-order valence-electron chi connectivity index (χ4n) is 1.41. The van der Waals surface area contributed by atoms with Crippen molar-refractivity contribution in [2.75, 3.05) is 31.7 Å². The first-order chi connectivity index (χ1) is 9.15. The summed E-state index contributed by atoms with van der Waals surface area (Å²) >= 11 is 1.41. The summed E-state index contributed by atoms with van der Waals surface area (Å²) in [5.41, 5.74) is 2.01. The Morgan fingerprint density at radius 2 is 2.32 bits per heavy atom. The molecule has 0 atom stereocenters. The molecule has 0 aromatic carbocycles. The molecule has 1 N–H and O–H groups in total. The molecule has 5 nitrogen and oxygen atoms in total. The smallest absolute Gasteiger partial charge is 0.360 e. The van der Waals surface area contributed by atoms with E-state index < -0.39 is 0 Å². The number of esters is 1. The zero-order valence-electron chi connectivity index (χ0n) is 11.8. The Bertz CT molecular complexity index is 380. The van der Waals surface area contributed by atoms with Gasteiger partial charge in [0.1, 0.15) is 5.00 Å². The third-order valence-corrected chi connectivity index (χ3v) is 3.02. The molecule has 0 fully saturated rings. The Morgan fingerprint density at radius 1 is 1.53 bits per heavy atom. The van der Waals surface area contributed by atoms with Crippen LogP contribution in [0.4, 0.5) is 5.00 Å².